The van der Waals surface area contributed by atoms with Crippen LogP contribution in [0.4, 0.5) is 10.1 Å². The maximum Gasteiger partial charge on any atom is 0.126 e. The molecule has 19 heavy (non-hydrogen) atoms. The number of hydrogen-bond donors (Lipinski definition) is 2. The molecule has 0 amide bonds. The van der Waals surface area contributed by atoms with Gasteiger partial charge in [-0.05, 0) is 42.7 Å². The molecule has 0 heterocycles. The van der Waals surface area contributed by atoms with Crippen LogP contribution in [0.2, 0.25) is 0 Å². The smallest absolute Gasteiger partial charge is 0.126 e. The molecule has 2 nitrogen and oxygen atoms in total. The van der Waals surface area contributed by atoms with E-state index in [4.69, 9.17) is 0 Å². The van der Waals surface area contributed by atoms with E-state index in [-0.39, 0.29) is 18.5 Å². The lowest BCUT2D eigenvalue weighted by atomic mass is 10.0. The topological polar surface area (TPSA) is 32.3 Å². The average molecular weight is 259 g/mol. The van der Waals surface area contributed by atoms with Crippen molar-refractivity contribution in [3.8, 4) is 0 Å². The van der Waals surface area contributed by atoms with E-state index in [2.05, 4.69) is 5.32 Å². The Morgan fingerprint density at radius 3 is 2.47 bits per heavy atom. The Labute approximate surface area is 112 Å². The van der Waals surface area contributed by atoms with Gasteiger partial charge in [0.1, 0.15) is 5.82 Å². The van der Waals surface area contributed by atoms with E-state index in [1.807, 2.05) is 37.3 Å². The SMILES string of the molecule is Cc1ccc(C(CO)Nc2ccccc2C)cc1F. The molecule has 0 saturated carbocycles. The van der Waals surface area contributed by atoms with Gasteiger partial charge in [0, 0.05) is 5.69 Å². The van der Waals surface area contributed by atoms with Crippen molar-refractivity contribution in [3.05, 3.63) is 65.0 Å². The van der Waals surface area contributed by atoms with Gasteiger partial charge in [-0.25, -0.2) is 4.39 Å². The molecule has 0 saturated heterocycles. The molecule has 0 fully saturated rings. The van der Waals surface area contributed by atoms with Crippen LogP contribution in [0.5, 0.6) is 0 Å². The summed E-state index contributed by atoms with van der Waals surface area (Å²) in [6.07, 6.45) is 0. The van der Waals surface area contributed by atoms with Gasteiger partial charge in [0.25, 0.3) is 0 Å². The lowest BCUT2D eigenvalue weighted by Gasteiger charge is -2.20. The molecule has 3 heteroatoms. The van der Waals surface area contributed by atoms with E-state index >= 15 is 0 Å². The number of aliphatic hydroxyl groups excluding tert-OH is 1. The number of nitrogens with one attached hydrogen (secondary N) is 1. The van der Waals surface area contributed by atoms with Crippen molar-refractivity contribution < 1.29 is 9.50 Å². The number of aryl methyl sites for hydroxylation is 2. The minimum atomic E-state index is -0.309. The van der Waals surface area contributed by atoms with Gasteiger partial charge in [-0.1, -0.05) is 30.3 Å². The fourth-order valence-corrected chi connectivity index (χ4v) is 1.98. The largest absolute Gasteiger partial charge is 0.394 e. The molecule has 2 aromatic carbocycles. The quantitative estimate of drug-likeness (QED) is 0.879. The van der Waals surface area contributed by atoms with Gasteiger partial charge in [-0.3, -0.25) is 0 Å². The van der Waals surface area contributed by atoms with Crippen LogP contribution in [-0.2, 0) is 0 Å². The van der Waals surface area contributed by atoms with Crippen LogP contribution < -0.4 is 5.32 Å². The van der Waals surface area contributed by atoms with Crippen LogP contribution in [-0.4, -0.2) is 11.7 Å². The first-order valence-corrected chi connectivity index (χ1v) is 6.31. The van der Waals surface area contributed by atoms with Crippen molar-refractivity contribution in [1.29, 1.82) is 0 Å². The fraction of sp³-hybridized carbons (Fsp3) is 0.250. The molecule has 2 rings (SSSR count). The molecular weight excluding hydrogens is 241 g/mol. The fourth-order valence-electron chi connectivity index (χ4n) is 1.98. The van der Waals surface area contributed by atoms with Crippen molar-refractivity contribution in [3.63, 3.8) is 0 Å². The lowest BCUT2D eigenvalue weighted by Crippen LogP contribution is -2.15. The van der Waals surface area contributed by atoms with Crippen LogP contribution in [0, 0.1) is 19.7 Å². The molecule has 0 aliphatic carbocycles. The Hall–Kier alpha value is -1.87. The first-order valence-electron chi connectivity index (χ1n) is 6.31. The number of hydrogen-bond acceptors (Lipinski definition) is 2. The summed E-state index contributed by atoms with van der Waals surface area (Å²) >= 11 is 0. The van der Waals surface area contributed by atoms with Gasteiger partial charge in [-0.15, -0.1) is 0 Å². The monoisotopic (exact) mass is 259 g/mol. The summed E-state index contributed by atoms with van der Waals surface area (Å²) in [5.41, 5.74) is 3.39. The third-order valence-corrected chi connectivity index (χ3v) is 3.26. The van der Waals surface area contributed by atoms with Crippen LogP contribution in [0.15, 0.2) is 42.5 Å². The third kappa shape index (κ3) is 3.12. The number of rotatable bonds is 4. The molecule has 0 aromatic heterocycles. The second-order valence-corrected chi connectivity index (χ2v) is 4.70. The summed E-state index contributed by atoms with van der Waals surface area (Å²) in [5, 5.41) is 12.8. The van der Waals surface area contributed by atoms with E-state index in [1.54, 1.807) is 13.0 Å². The van der Waals surface area contributed by atoms with Crippen molar-refractivity contribution in [2.24, 2.45) is 0 Å². The number of para-hydroxylation sites is 1. The number of halogens is 1. The van der Waals surface area contributed by atoms with E-state index < -0.39 is 0 Å². The maximum atomic E-state index is 13.6. The molecule has 1 atom stereocenters. The Kier molecular flexibility index (Phi) is 4.17. The number of aliphatic hydroxyl groups is 1. The van der Waals surface area contributed by atoms with Gasteiger partial charge in [0.15, 0.2) is 0 Å². The standard InChI is InChI=1S/C16H18FNO/c1-11-7-8-13(9-14(11)17)16(10-19)18-15-6-4-3-5-12(15)2/h3-9,16,18-19H,10H2,1-2H3. The lowest BCUT2D eigenvalue weighted by molar-refractivity contribution is 0.276. The predicted molar refractivity (Wildman–Crippen MR) is 75.8 cm³/mol. The molecule has 0 spiro atoms. The highest BCUT2D eigenvalue weighted by Crippen LogP contribution is 2.23. The normalized spacial score (nSPS) is 12.2. The van der Waals surface area contributed by atoms with Gasteiger partial charge >= 0.3 is 0 Å². The summed E-state index contributed by atoms with van der Waals surface area (Å²) in [7, 11) is 0. The summed E-state index contributed by atoms with van der Waals surface area (Å²) < 4.78 is 13.6. The Bertz CT molecular complexity index is 568. The molecule has 2 aromatic rings. The molecule has 0 radical (unpaired) electrons. The van der Waals surface area contributed by atoms with Crippen LogP contribution in [0.25, 0.3) is 0 Å². The van der Waals surface area contributed by atoms with Crippen LogP contribution in [0.1, 0.15) is 22.7 Å². The molecule has 1 unspecified atom stereocenters. The van der Waals surface area contributed by atoms with Gasteiger partial charge in [0.2, 0.25) is 0 Å². The van der Waals surface area contributed by atoms with Crippen LogP contribution >= 0.6 is 0 Å². The summed E-state index contributed by atoms with van der Waals surface area (Å²) in [4.78, 5) is 0. The zero-order chi connectivity index (χ0) is 13.8. The molecule has 100 valence electrons. The Balaban J connectivity index is 2.25. The summed E-state index contributed by atoms with van der Waals surface area (Å²) in [6.45, 7) is 3.63. The van der Waals surface area contributed by atoms with E-state index in [0.29, 0.717) is 5.56 Å². The van der Waals surface area contributed by atoms with Crippen molar-refractivity contribution in [1.82, 2.24) is 0 Å². The zero-order valence-electron chi connectivity index (χ0n) is 11.2. The van der Waals surface area contributed by atoms with Gasteiger partial charge in [0.05, 0.1) is 12.6 Å². The van der Waals surface area contributed by atoms with Gasteiger partial charge < -0.3 is 10.4 Å². The van der Waals surface area contributed by atoms with Gasteiger partial charge in [-0.2, -0.15) is 0 Å². The van der Waals surface area contributed by atoms with Crippen molar-refractivity contribution in [2.45, 2.75) is 19.9 Å². The first-order chi connectivity index (χ1) is 9.11. The first kappa shape index (κ1) is 13.6. The second-order valence-electron chi connectivity index (χ2n) is 4.70. The minimum Gasteiger partial charge on any atom is -0.394 e. The highest BCUT2D eigenvalue weighted by Gasteiger charge is 2.12. The van der Waals surface area contributed by atoms with E-state index in [9.17, 15) is 9.50 Å². The third-order valence-electron chi connectivity index (χ3n) is 3.26. The van der Waals surface area contributed by atoms with E-state index in [0.717, 1.165) is 16.8 Å². The zero-order valence-corrected chi connectivity index (χ0v) is 11.2. The highest BCUT2D eigenvalue weighted by atomic mass is 19.1. The molecule has 0 bridgehead atoms. The number of benzene rings is 2. The van der Waals surface area contributed by atoms with E-state index in [1.165, 1.54) is 6.07 Å². The minimum absolute atomic E-state index is 0.0865. The average Bonchev–Trinajstić information content (AvgIpc) is 2.41. The molecular formula is C16H18FNO. The molecule has 0 aliphatic heterocycles. The van der Waals surface area contributed by atoms with Crippen molar-refractivity contribution >= 4 is 5.69 Å². The predicted octanol–water partition coefficient (Wildman–Crippen LogP) is 3.59. The van der Waals surface area contributed by atoms with Crippen molar-refractivity contribution in [2.75, 3.05) is 11.9 Å². The summed E-state index contributed by atoms with van der Waals surface area (Å²) in [6, 6.07) is 12.6. The molecule has 0 aliphatic rings. The Morgan fingerprint density at radius 2 is 1.84 bits per heavy atom. The maximum absolute atomic E-state index is 13.6. The second kappa shape index (κ2) is 5.85. The summed E-state index contributed by atoms with van der Waals surface area (Å²) in [5.74, 6) is -0.248. The molecule has 2 N–H and O–H groups in total. The Morgan fingerprint density at radius 1 is 1.11 bits per heavy atom. The highest BCUT2D eigenvalue weighted by molar-refractivity contribution is 5.52. The van der Waals surface area contributed by atoms with Crippen LogP contribution in [0.3, 0.4) is 0 Å². The number of anilines is 1.